The van der Waals surface area contributed by atoms with E-state index < -0.39 is 33.2 Å². The summed E-state index contributed by atoms with van der Waals surface area (Å²) < 4.78 is 19.6. The molecule has 1 aliphatic heterocycles. The Hall–Kier alpha value is -0.470. The molecule has 2 rings (SSSR count). The van der Waals surface area contributed by atoms with Crippen LogP contribution in [0, 0.1) is 18.8 Å². The van der Waals surface area contributed by atoms with Crippen LogP contribution in [-0.4, -0.2) is 44.6 Å². The molecule has 8 heteroatoms. The second kappa shape index (κ2) is 7.27. The van der Waals surface area contributed by atoms with Crippen molar-refractivity contribution in [3.8, 4) is 0 Å². The Kier molecular flexibility index (Phi) is 6.06. The minimum absolute atomic E-state index is 0.185. The van der Waals surface area contributed by atoms with Gasteiger partial charge in [0.05, 0.1) is 28.3 Å². The van der Waals surface area contributed by atoms with Crippen LogP contribution in [-0.2, 0) is 26.1 Å². The van der Waals surface area contributed by atoms with Gasteiger partial charge in [-0.3, -0.25) is 4.79 Å². The molecule has 25 heavy (non-hydrogen) atoms. The summed E-state index contributed by atoms with van der Waals surface area (Å²) in [7, 11) is -0.0455. The molecule has 1 aromatic heterocycles. The van der Waals surface area contributed by atoms with E-state index in [0.29, 0.717) is 11.6 Å². The van der Waals surface area contributed by atoms with E-state index in [1.54, 1.807) is 0 Å². The summed E-state index contributed by atoms with van der Waals surface area (Å²) in [5.41, 5.74) is 0.00899. The molecule has 0 bridgehead atoms. The van der Waals surface area contributed by atoms with Crippen molar-refractivity contribution in [3.05, 3.63) is 20.8 Å². The molecule has 0 radical (unpaired) electrons. The number of aryl methyl sites for hydroxylation is 1. The first-order chi connectivity index (χ1) is 11.5. The van der Waals surface area contributed by atoms with E-state index >= 15 is 0 Å². The molecule has 5 nitrogen and oxygen atoms in total. The van der Waals surface area contributed by atoms with Gasteiger partial charge in [-0.15, -0.1) is 11.3 Å². The number of carbonyl (C=O) groups is 1. The number of hydrogen-bond acceptors (Lipinski definition) is 5. The average Bonchev–Trinajstić information content (AvgIpc) is 3.03. The molecule has 1 aromatic rings. The molecular weight excluding hydrogens is 382 g/mol. The molecule has 142 valence electrons. The number of ether oxygens (including phenoxy) is 1. The first-order valence-corrected chi connectivity index (χ1v) is 10.5. The molecule has 4 atom stereocenters. The zero-order valence-corrected chi connectivity index (χ0v) is 17.8. The molecule has 2 heterocycles. The summed E-state index contributed by atoms with van der Waals surface area (Å²) in [6.07, 6.45) is 0. The maximum Gasteiger partial charge on any atom is 0.311 e. The average molecular weight is 408 g/mol. The van der Waals surface area contributed by atoms with E-state index in [-0.39, 0.29) is 12.5 Å². The van der Waals surface area contributed by atoms with Gasteiger partial charge in [-0.25, -0.2) is 8.51 Å². The smallest absolute Gasteiger partial charge is 0.311 e. The number of rotatable bonds is 4. The van der Waals surface area contributed by atoms with Crippen molar-refractivity contribution in [1.29, 1.82) is 0 Å². The van der Waals surface area contributed by atoms with Crippen LogP contribution in [0.4, 0.5) is 0 Å². The summed E-state index contributed by atoms with van der Waals surface area (Å²) in [4.78, 5) is 13.4. The Morgan fingerprint density at radius 1 is 1.56 bits per heavy atom. The van der Waals surface area contributed by atoms with Crippen LogP contribution in [0.15, 0.2) is 5.38 Å². The van der Waals surface area contributed by atoms with Crippen molar-refractivity contribution in [1.82, 2.24) is 4.31 Å². The zero-order valence-electron chi connectivity index (χ0n) is 15.5. The van der Waals surface area contributed by atoms with Gasteiger partial charge in [0.1, 0.15) is 11.0 Å². The first-order valence-electron chi connectivity index (χ1n) is 8.12. The van der Waals surface area contributed by atoms with Crippen LogP contribution in [0.2, 0.25) is 5.02 Å². The van der Waals surface area contributed by atoms with Gasteiger partial charge < -0.3 is 9.84 Å². The van der Waals surface area contributed by atoms with Gasteiger partial charge in [-0.1, -0.05) is 11.6 Å². The number of halogens is 1. The predicted molar refractivity (Wildman–Crippen MR) is 102 cm³/mol. The number of aliphatic hydroxyl groups is 1. The van der Waals surface area contributed by atoms with Gasteiger partial charge in [0.25, 0.3) is 0 Å². The van der Waals surface area contributed by atoms with Gasteiger partial charge in [0.15, 0.2) is 0 Å². The SMILES string of the molecule is COC(=O)[C@H]1[C@H](CO)CN(S(=O)C(C)(C)C)[C@]1(C)c1scc(C)c1Cl. The lowest BCUT2D eigenvalue weighted by molar-refractivity contribution is -0.150. The predicted octanol–water partition coefficient (Wildman–Crippen LogP) is 3.10. The van der Waals surface area contributed by atoms with Crippen LogP contribution in [0.25, 0.3) is 0 Å². The van der Waals surface area contributed by atoms with Crippen molar-refractivity contribution in [2.45, 2.75) is 44.9 Å². The number of hydrogen-bond donors (Lipinski definition) is 1. The second-order valence-corrected chi connectivity index (χ2v) is 11.0. The molecule has 1 unspecified atom stereocenters. The van der Waals surface area contributed by atoms with Gasteiger partial charge in [0.2, 0.25) is 0 Å². The molecular formula is C17H26ClNO4S2. The van der Waals surface area contributed by atoms with Gasteiger partial charge in [-0.05, 0) is 45.6 Å². The van der Waals surface area contributed by atoms with Crippen molar-refractivity contribution >= 4 is 39.9 Å². The maximum atomic E-state index is 13.3. The third-order valence-electron chi connectivity index (χ3n) is 4.77. The van der Waals surface area contributed by atoms with Crippen LogP contribution in [0.3, 0.4) is 0 Å². The highest BCUT2D eigenvalue weighted by molar-refractivity contribution is 7.84. The molecule has 1 saturated heterocycles. The molecule has 0 saturated carbocycles. The van der Waals surface area contributed by atoms with Crippen molar-refractivity contribution in [2.24, 2.45) is 11.8 Å². The number of nitrogens with zero attached hydrogens (tertiary/aromatic N) is 1. The second-order valence-electron chi connectivity index (χ2n) is 7.58. The fourth-order valence-corrected chi connectivity index (χ4v) is 6.62. The van der Waals surface area contributed by atoms with Crippen LogP contribution in [0.5, 0.6) is 0 Å². The third-order valence-corrected chi connectivity index (χ3v) is 8.67. The van der Waals surface area contributed by atoms with E-state index in [1.807, 2.05) is 44.3 Å². The topological polar surface area (TPSA) is 66.8 Å². The van der Waals surface area contributed by atoms with E-state index in [1.165, 1.54) is 18.4 Å². The van der Waals surface area contributed by atoms with Crippen molar-refractivity contribution in [2.75, 3.05) is 20.3 Å². The standard InChI is InChI=1S/C17H26ClNO4S2/c1-10-9-24-14(13(10)18)17(5)12(15(21)23-6)11(8-20)7-19(17)25(22)16(2,3)4/h9,11-12,20H,7-8H2,1-6H3/t11-,12+,17-,25?/m0/s1. The Morgan fingerprint density at radius 2 is 2.16 bits per heavy atom. The Labute approximate surface area is 160 Å². The fourth-order valence-electron chi connectivity index (χ4n) is 3.43. The molecule has 0 amide bonds. The number of carbonyl (C=O) groups excluding carboxylic acids is 1. The van der Waals surface area contributed by atoms with Gasteiger partial charge in [0, 0.05) is 23.9 Å². The van der Waals surface area contributed by atoms with Crippen molar-refractivity contribution < 1.29 is 18.8 Å². The van der Waals surface area contributed by atoms with Crippen molar-refractivity contribution in [3.63, 3.8) is 0 Å². The maximum absolute atomic E-state index is 13.3. The Balaban J connectivity index is 2.69. The minimum atomic E-state index is -1.38. The summed E-state index contributed by atoms with van der Waals surface area (Å²) >= 11 is 7.99. The number of methoxy groups -OCH3 is 1. The normalized spacial score (nSPS) is 29.0. The number of thiophene rings is 1. The molecule has 1 fully saturated rings. The lowest BCUT2D eigenvalue weighted by Crippen LogP contribution is -2.49. The van der Waals surface area contributed by atoms with Gasteiger partial charge >= 0.3 is 5.97 Å². The van der Waals surface area contributed by atoms with E-state index in [0.717, 1.165) is 10.4 Å². The van der Waals surface area contributed by atoms with Crippen LogP contribution >= 0.6 is 22.9 Å². The molecule has 0 aromatic carbocycles. The van der Waals surface area contributed by atoms with Crippen LogP contribution < -0.4 is 0 Å². The lowest BCUT2D eigenvalue weighted by Gasteiger charge is -2.40. The highest BCUT2D eigenvalue weighted by atomic mass is 35.5. The lowest BCUT2D eigenvalue weighted by atomic mass is 9.80. The molecule has 0 aliphatic carbocycles. The summed E-state index contributed by atoms with van der Waals surface area (Å²) in [6.45, 7) is 9.62. The first kappa shape index (κ1) is 20.8. The monoisotopic (exact) mass is 407 g/mol. The number of aliphatic hydroxyl groups excluding tert-OH is 1. The Morgan fingerprint density at radius 3 is 2.56 bits per heavy atom. The van der Waals surface area contributed by atoms with E-state index in [4.69, 9.17) is 16.3 Å². The fraction of sp³-hybridized carbons (Fsp3) is 0.706. The molecule has 0 spiro atoms. The zero-order chi connectivity index (χ0) is 19.2. The molecule has 1 N–H and O–H groups in total. The van der Waals surface area contributed by atoms with Crippen LogP contribution in [0.1, 0.15) is 38.1 Å². The van der Waals surface area contributed by atoms with E-state index in [2.05, 4.69) is 0 Å². The highest BCUT2D eigenvalue weighted by Crippen LogP contribution is 2.52. The summed E-state index contributed by atoms with van der Waals surface area (Å²) in [5, 5.41) is 12.4. The number of esters is 1. The highest BCUT2D eigenvalue weighted by Gasteiger charge is 2.59. The summed E-state index contributed by atoms with van der Waals surface area (Å²) in [6, 6.07) is 0. The van der Waals surface area contributed by atoms with E-state index in [9.17, 15) is 14.1 Å². The minimum Gasteiger partial charge on any atom is -0.469 e. The largest absolute Gasteiger partial charge is 0.469 e. The van der Waals surface area contributed by atoms with Gasteiger partial charge in [-0.2, -0.15) is 0 Å². The third kappa shape index (κ3) is 3.41. The Bertz CT molecular complexity index is 685. The quantitative estimate of drug-likeness (QED) is 0.779. The molecule has 1 aliphatic rings. The summed E-state index contributed by atoms with van der Waals surface area (Å²) in [5.74, 6) is -1.44.